The van der Waals surface area contributed by atoms with Gasteiger partial charge in [-0.25, -0.2) is 9.78 Å². The Balaban J connectivity index is 2.90. The summed E-state index contributed by atoms with van der Waals surface area (Å²) in [6.45, 7) is 4.87. The molecule has 0 atom stereocenters. The van der Waals surface area contributed by atoms with Crippen molar-refractivity contribution in [3.63, 3.8) is 0 Å². The number of carbonyl (C=O) groups is 1. The molecule has 1 aromatic heterocycles. The lowest BCUT2D eigenvalue weighted by Gasteiger charge is -2.05. The minimum absolute atomic E-state index is 0.119. The van der Waals surface area contributed by atoms with E-state index in [0.717, 1.165) is 38.1 Å². The molecule has 0 unspecified atom stereocenters. The van der Waals surface area contributed by atoms with Crippen molar-refractivity contribution >= 4 is 21.9 Å². The van der Waals surface area contributed by atoms with Crippen molar-refractivity contribution in [2.24, 2.45) is 0 Å². The molecule has 5 heteroatoms. The molecule has 0 saturated heterocycles. The fourth-order valence-corrected chi connectivity index (χ4v) is 2.37. The maximum Gasteiger partial charge on any atom is 0.357 e. The van der Waals surface area contributed by atoms with Crippen molar-refractivity contribution in [1.29, 1.82) is 0 Å². The molecule has 90 valence electrons. The molecule has 1 aromatic rings. The highest BCUT2D eigenvalue weighted by atomic mass is 79.9. The molecule has 0 radical (unpaired) electrons. The van der Waals surface area contributed by atoms with Crippen LogP contribution in [0.3, 0.4) is 0 Å². The topological polar surface area (TPSA) is 55.1 Å². The van der Waals surface area contributed by atoms with Crippen molar-refractivity contribution < 1.29 is 9.90 Å². The largest absolute Gasteiger partial charge is 0.476 e. The van der Waals surface area contributed by atoms with Gasteiger partial charge in [0.1, 0.15) is 10.4 Å². The Kier molecular flexibility index (Phi) is 4.99. The first-order chi connectivity index (χ1) is 7.61. The van der Waals surface area contributed by atoms with E-state index in [1.165, 1.54) is 0 Å². The third-order valence-electron chi connectivity index (χ3n) is 2.51. The number of aromatic carboxylic acids is 1. The van der Waals surface area contributed by atoms with E-state index in [1.54, 1.807) is 0 Å². The van der Waals surface area contributed by atoms with Crippen LogP contribution in [0.2, 0.25) is 0 Å². The molecule has 0 aliphatic heterocycles. The number of halogens is 1. The molecule has 0 saturated carbocycles. The van der Waals surface area contributed by atoms with Gasteiger partial charge in [0.15, 0.2) is 5.69 Å². The first-order valence-electron chi connectivity index (χ1n) is 5.60. The Bertz CT molecular complexity index is 374. The second-order valence-electron chi connectivity index (χ2n) is 3.67. The fourth-order valence-electron chi connectivity index (χ4n) is 1.66. The second-order valence-corrected chi connectivity index (χ2v) is 4.43. The van der Waals surface area contributed by atoms with Crippen LogP contribution in [-0.2, 0) is 13.0 Å². The highest BCUT2D eigenvalue weighted by Gasteiger charge is 2.18. The summed E-state index contributed by atoms with van der Waals surface area (Å²) < 4.78 is 2.49. The monoisotopic (exact) mass is 288 g/mol. The van der Waals surface area contributed by atoms with E-state index >= 15 is 0 Å². The number of rotatable bonds is 6. The van der Waals surface area contributed by atoms with Crippen molar-refractivity contribution in [2.75, 3.05) is 0 Å². The molecule has 1 N–H and O–H groups in total. The molecule has 1 rings (SSSR count). The Hall–Kier alpha value is -0.840. The van der Waals surface area contributed by atoms with Gasteiger partial charge in [0.2, 0.25) is 0 Å². The third kappa shape index (κ3) is 2.84. The number of aryl methyl sites for hydroxylation is 1. The number of hydrogen-bond acceptors (Lipinski definition) is 2. The van der Waals surface area contributed by atoms with E-state index in [0.29, 0.717) is 4.60 Å². The fraction of sp³-hybridized carbons (Fsp3) is 0.636. The first kappa shape index (κ1) is 13.2. The van der Waals surface area contributed by atoms with Crippen LogP contribution in [-0.4, -0.2) is 20.6 Å². The average Bonchev–Trinajstić information content (AvgIpc) is 2.55. The maximum atomic E-state index is 10.9. The van der Waals surface area contributed by atoms with Gasteiger partial charge < -0.3 is 9.67 Å². The SMILES string of the molecule is CCCCCc1nc(C(=O)O)c(Br)n1CC. The summed E-state index contributed by atoms with van der Waals surface area (Å²) in [5.74, 6) is -0.115. The van der Waals surface area contributed by atoms with Crippen LogP contribution in [0.1, 0.15) is 49.4 Å². The summed E-state index contributed by atoms with van der Waals surface area (Å²) in [5, 5.41) is 8.96. The van der Waals surface area contributed by atoms with Crippen LogP contribution in [0, 0.1) is 0 Å². The Morgan fingerprint density at radius 2 is 2.12 bits per heavy atom. The Morgan fingerprint density at radius 1 is 1.44 bits per heavy atom. The molecule has 0 fully saturated rings. The van der Waals surface area contributed by atoms with Crippen molar-refractivity contribution in [3.8, 4) is 0 Å². The highest BCUT2D eigenvalue weighted by Crippen LogP contribution is 2.20. The number of hydrogen-bond donors (Lipinski definition) is 1. The van der Waals surface area contributed by atoms with Crippen molar-refractivity contribution in [3.05, 3.63) is 16.1 Å². The van der Waals surface area contributed by atoms with Crippen molar-refractivity contribution in [2.45, 2.75) is 46.1 Å². The molecule has 4 nitrogen and oxygen atoms in total. The quantitative estimate of drug-likeness (QED) is 0.819. The van der Waals surface area contributed by atoms with Crippen LogP contribution in [0.5, 0.6) is 0 Å². The lowest BCUT2D eigenvalue weighted by atomic mass is 10.2. The van der Waals surface area contributed by atoms with Gasteiger partial charge in [-0.15, -0.1) is 0 Å². The predicted octanol–water partition coefficient (Wildman–Crippen LogP) is 3.10. The van der Waals surface area contributed by atoms with E-state index in [-0.39, 0.29) is 5.69 Å². The second kappa shape index (κ2) is 6.03. The molecule has 16 heavy (non-hydrogen) atoms. The minimum atomic E-state index is -0.976. The number of carboxylic acids is 1. The van der Waals surface area contributed by atoms with E-state index in [9.17, 15) is 4.79 Å². The minimum Gasteiger partial charge on any atom is -0.476 e. The molecular formula is C11H17BrN2O2. The van der Waals surface area contributed by atoms with Crippen LogP contribution < -0.4 is 0 Å². The van der Waals surface area contributed by atoms with Gasteiger partial charge in [-0.3, -0.25) is 0 Å². The van der Waals surface area contributed by atoms with Gasteiger partial charge >= 0.3 is 5.97 Å². The number of aromatic nitrogens is 2. The Morgan fingerprint density at radius 3 is 2.62 bits per heavy atom. The van der Waals surface area contributed by atoms with Gasteiger partial charge in [0, 0.05) is 13.0 Å². The molecule has 0 amide bonds. The van der Waals surface area contributed by atoms with Crippen LogP contribution >= 0.6 is 15.9 Å². The highest BCUT2D eigenvalue weighted by molar-refractivity contribution is 9.10. The number of carboxylic acid groups (broad SMARTS) is 1. The maximum absolute atomic E-state index is 10.9. The molecule has 0 aliphatic rings. The van der Waals surface area contributed by atoms with Crippen molar-refractivity contribution in [1.82, 2.24) is 9.55 Å². The summed E-state index contributed by atoms with van der Waals surface area (Å²) in [4.78, 5) is 15.1. The zero-order valence-corrected chi connectivity index (χ0v) is 11.2. The smallest absolute Gasteiger partial charge is 0.357 e. The van der Waals surface area contributed by atoms with Crippen LogP contribution in [0.15, 0.2) is 4.60 Å². The molecular weight excluding hydrogens is 272 g/mol. The third-order valence-corrected chi connectivity index (χ3v) is 3.31. The van der Waals surface area contributed by atoms with E-state index in [4.69, 9.17) is 5.11 Å². The van der Waals surface area contributed by atoms with E-state index in [1.807, 2.05) is 11.5 Å². The molecule has 1 heterocycles. The zero-order valence-electron chi connectivity index (χ0n) is 9.66. The van der Waals surface area contributed by atoms with Gasteiger partial charge in [-0.1, -0.05) is 19.8 Å². The summed E-state index contributed by atoms with van der Waals surface area (Å²) in [6, 6.07) is 0. The summed E-state index contributed by atoms with van der Waals surface area (Å²) in [5.41, 5.74) is 0.119. The molecule has 0 bridgehead atoms. The number of unbranched alkanes of at least 4 members (excludes halogenated alkanes) is 2. The summed E-state index contributed by atoms with van der Waals surface area (Å²) in [7, 11) is 0. The average molecular weight is 289 g/mol. The summed E-state index contributed by atoms with van der Waals surface area (Å²) in [6.07, 6.45) is 4.20. The van der Waals surface area contributed by atoms with Crippen LogP contribution in [0.25, 0.3) is 0 Å². The van der Waals surface area contributed by atoms with Gasteiger partial charge in [0.05, 0.1) is 0 Å². The number of nitrogens with zero attached hydrogens (tertiary/aromatic N) is 2. The van der Waals surface area contributed by atoms with Gasteiger partial charge in [0.25, 0.3) is 0 Å². The normalized spacial score (nSPS) is 10.7. The first-order valence-corrected chi connectivity index (χ1v) is 6.39. The molecule has 0 spiro atoms. The zero-order chi connectivity index (χ0) is 12.1. The summed E-state index contributed by atoms with van der Waals surface area (Å²) >= 11 is 3.29. The molecule has 0 aliphatic carbocycles. The van der Waals surface area contributed by atoms with E-state index < -0.39 is 5.97 Å². The van der Waals surface area contributed by atoms with Gasteiger partial charge in [-0.05, 0) is 29.3 Å². The Labute approximate surface area is 104 Å². The van der Waals surface area contributed by atoms with Crippen LogP contribution in [0.4, 0.5) is 0 Å². The molecule has 0 aromatic carbocycles. The van der Waals surface area contributed by atoms with Gasteiger partial charge in [-0.2, -0.15) is 0 Å². The standard InChI is InChI=1S/C11H17BrN2O2/c1-3-5-6-7-8-13-9(11(15)16)10(12)14(8)4-2/h3-7H2,1-2H3,(H,15,16). The predicted molar refractivity (Wildman–Crippen MR) is 65.8 cm³/mol. The van der Waals surface area contributed by atoms with E-state index in [2.05, 4.69) is 27.8 Å². The number of imidazole rings is 1. The lowest BCUT2D eigenvalue weighted by Crippen LogP contribution is -2.02. The lowest BCUT2D eigenvalue weighted by molar-refractivity contribution is 0.0689.